The SMILES string of the molecule is CCOCCN1N=C(C(C)(C)C)C[N+]2=C1N=C1C2C(=O)N(C)C(=O)N1C. The second kappa shape index (κ2) is 6.46. The van der Waals surface area contributed by atoms with Gasteiger partial charge >= 0.3 is 12.0 Å². The molecule has 1 atom stereocenters. The third-order valence-electron chi connectivity index (χ3n) is 4.82. The van der Waals surface area contributed by atoms with Crippen molar-refractivity contribution >= 4 is 29.4 Å². The molecule has 3 heterocycles. The number of ether oxygens (including phenoxy) is 1. The van der Waals surface area contributed by atoms with E-state index in [9.17, 15) is 9.59 Å². The summed E-state index contributed by atoms with van der Waals surface area (Å²) in [7, 11) is 3.15. The number of likely N-dealkylation sites (N-methyl/N-ethyl adjacent to an activating group) is 2. The molecule has 0 radical (unpaired) electrons. The number of guanidine groups is 1. The van der Waals surface area contributed by atoms with Crippen molar-refractivity contribution in [3.05, 3.63) is 0 Å². The van der Waals surface area contributed by atoms with Crippen LogP contribution >= 0.6 is 0 Å². The number of hydrogen-bond acceptors (Lipinski definition) is 6. The first-order valence-corrected chi connectivity index (χ1v) is 8.87. The summed E-state index contributed by atoms with van der Waals surface area (Å²) in [6.45, 7) is 10.4. The van der Waals surface area contributed by atoms with E-state index in [4.69, 9.17) is 9.84 Å². The van der Waals surface area contributed by atoms with Crippen LogP contribution in [0.1, 0.15) is 27.7 Å². The minimum absolute atomic E-state index is 0.149. The minimum atomic E-state index is -0.597. The standard InChI is InChI=1S/C17H27N6O3/c1-7-26-9-8-23-15-18-13-12(14(24)21(6)16(25)20(13)5)22(15)10-11(19-23)17(2,3)4/h12H,7-10H2,1-6H3/q+1. The van der Waals surface area contributed by atoms with E-state index in [1.165, 1.54) is 11.9 Å². The smallest absolute Gasteiger partial charge is 0.378 e. The normalized spacial score (nSPS) is 23.3. The monoisotopic (exact) mass is 363 g/mol. The van der Waals surface area contributed by atoms with Crippen molar-refractivity contribution in [1.29, 1.82) is 0 Å². The van der Waals surface area contributed by atoms with Gasteiger partial charge in [0.25, 0.3) is 5.91 Å². The summed E-state index contributed by atoms with van der Waals surface area (Å²) in [6, 6.07) is -0.969. The van der Waals surface area contributed by atoms with E-state index in [2.05, 4.69) is 25.8 Å². The fourth-order valence-corrected chi connectivity index (χ4v) is 3.17. The molecule has 3 aliphatic heterocycles. The van der Waals surface area contributed by atoms with E-state index in [1.54, 1.807) is 12.1 Å². The molecule has 3 aliphatic rings. The van der Waals surface area contributed by atoms with Crippen LogP contribution in [0.4, 0.5) is 4.79 Å². The third kappa shape index (κ3) is 2.90. The molecule has 0 spiro atoms. The lowest BCUT2D eigenvalue weighted by atomic mass is 9.89. The minimum Gasteiger partial charge on any atom is -0.378 e. The van der Waals surface area contributed by atoms with E-state index in [0.29, 0.717) is 38.1 Å². The largest absolute Gasteiger partial charge is 0.416 e. The van der Waals surface area contributed by atoms with Crippen LogP contribution in [0.2, 0.25) is 0 Å². The Morgan fingerprint density at radius 2 is 1.92 bits per heavy atom. The molecule has 3 rings (SSSR count). The average Bonchev–Trinajstić information content (AvgIpc) is 2.97. The van der Waals surface area contributed by atoms with Crippen molar-refractivity contribution in [2.24, 2.45) is 15.5 Å². The molecule has 9 heteroatoms. The van der Waals surface area contributed by atoms with Gasteiger partial charge in [-0.1, -0.05) is 25.8 Å². The molecule has 0 aromatic heterocycles. The zero-order chi connectivity index (χ0) is 19.2. The second-order valence-corrected chi connectivity index (χ2v) is 7.66. The van der Waals surface area contributed by atoms with Crippen molar-refractivity contribution in [3.8, 4) is 0 Å². The maximum Gasteiger partial charge on any atom is 0.416 e. The van der Waals surface area contributed by atoms with Crippen LogP contribution < -0.4 is 0 Å². The first-order chi connectivity index (χ1) is 12.2. The molecule has 1 unspecified atom stereocenters. The molecule has 0 aliphatic carbocycles. The number of fused-ring (bicyclic) bond motifs is 2. The number of nitrogens with zero attached hydrogens (tertiary/aromatic N) is 6. The van der Waals surface area contributed by atoms with E-state index < -0.39 is 6.04 Å². The van der Waals surface area contributed by atoms with Gasteiger partial charge in [-0.05, 0) is 6.92 Å². The van der Waals surface area contributed by atoms with Gasteiger partial charge in [-0.2, -0.15) is 0 Å². The first kappa shape index (κ1) is 18.5. The lowest BCUT2D eigenvalue weighted by Crippen LogP contribution is -2.62. The topological polar surface area (TPSA) is 80.8 Å². The highest BCUT2D eigenvalue weighted by Crippen LogP contribution is 2.26. The summed E-state index contributed by atoms with van der Waals surface area (Å²) in [5, 5.41) is 6.56. The summed E-state index contributed by atoms with van der Waals surface area (Å²) < 4.78 is 7.41. The Morgan fingerprint density at radius 1 is 1.23 bits per heavy atom. The fourth-order valence-electron chi connectivity index (χ4n) is 3.17. The fraction of sp³-hybridized carbons (Fsp3) is 0.706. The number of carbonyl (C=O) groups excluding carboxylic acids is 2. The van der Waals surface area contributed by atoms with Crippen LogP contribution in [0.5, 0.6) is 0 Å². The van der Waals surface area contributed by atoms with E-state index in [-0.39, 0.29) is 17.4 Å². The number of imide groups is 1. The molecule has 9 nitrogen and oxygen atoms in total. The highest BCUT2D eigenvalue weighted by Gasteiger charge is 2.54. The van der Waals surface area contributed by atoms with Gasteiger partial charge < -0.3 is 4.74 Å². The van der Waals surface area contributed by atoms with Gasteiger partial charge in [0.15, 0.2) is 0 Å². The van der Waals surface area contributed by atoms with Crippen molar-refractivity contribution in [1.82, 2.24) is 14.8 Å². The third-order valence-corrected chi connectivity index (χ3v) is 4.82. The maximum absolute atomic E-state index is 12.8. The zero-order valence-corrected chi connectivity index (χ0v) is 16.3. The molecular weight excluding hydrogens is 336 g/mol. The number of hydrogen-bond donors (Lipinski definition) is 0. The Hall–Kier alpha value is -2.29. The van der Waals surface area contributed by atoms with Crippen molar-refractivity contribution < 1.29 is 18.9 Å². The predicted molar refractivity (Wildman–Crippen MR) is 97.4 cm³/mol. The van der Waals surface area contributed by atoms with Gasteiger partial charge in [0.05, 0.1) is 12.3 Å². The van der Waals surface area contributed by atoms with Crippen LogP contribution in [-0.4, -0.2) is 95.3 Å². The summed E-state index contributed by atoms with van der Waals surface area (Å²) in [4.78, 5) is 32.3. The maximum atomic E-state index is 12.8. The Morgan fingerprint density at radius 3 is 2.54 bits per heavy atom. The zero-order valence-electron chi connectivity index (χ0n) is 16.3. The van der Waals surface area contributed by atoms with Gasteiger partial charge in [0, 0.05) is 26.1 Å². The summed E-state index contributed by atoms with van der Waals surface area (Å²) in [6.07, 6.45) is 0. The Balaban J connectivity index is 1.99. The number of rotatable bonds is 4. The van der Waals surface area contributed by atoms with Crippen molar-refractivity contribution in [2.75, 3.05) is 40.4 Å². The Labute approximate surface area is 153 Å². The summed E-state index contributed by atoms with van der Waals surface area (Å²) in [5.74, 6) is 0.794. The van der Waals surface area contributed by atoms with Gasteiger partial charge in [-0.3, -0.25) is 14.6 Å². The second-order valence-electron chi connectivity index (χ2n) is 7.66. The van der Waals surface area contributed by atoms with Crippen LogP contribution in [0.15, 0.2) is 10.1 Å². The molecule has 0 N–H and O–H groups in total. The molecule has 3 amide bonds. The predicted octanol–water partition coefficient (Wildman–Crippen LogP) is 0.414. The molecule has 0 saturated carbocycles. The van der Waals surface area contributed by atoms with Gasteiger partial charge in [0.2, 0.25) is 11.9 Å². The Bertz CT molecular complexity index is 733. The molecule has 142 valence electrons. The average molecular weight is 363 g/mol. The molecular formula is C17H27N6O3+. The molecule has 0 aromatic carbocycles. The molecule has 0 aromatic rings. The lowest BCUT2D eigenvalue weighted by molar-refractivity contribution is -0.528. The molecule has 1 fully saturated rings. The van der Waals surface area contributed by atoms with Crippen LogP contribution in [-0.2, 0) is 9.53 Å². The van der Waals surface area contributed by atoms with Crippen LogP contribution in [0, 0.1) is 5.41 Å². The number of urea groups is 1. The highest BCUT2D eigenvalue weighted by molar-refractivity contribution is 6.23. The molecule has 26 heavy (non-hydrogen) atoms. The number of aliphatic imine (C=N–C) groups is 1. The molecule has 0 bridgehead atoms. The van der Waals surface area contributed by atoms with Crippen LogP contribution in [0.3, 0.4) is 0 Å². The molecule has 1 saturated heterocycles. The summed E-state index contributed by atoms with van der Waals surface area (Å²) >= 11 is 0. The quantitative estimate of drug-likeness (QED) is 0.535. The Kier molecular flexibility index (Phi) is 4.60. The van der Waals surface area contributed by atoms with E-state index in [1.807, 2.05) is 11.5 Å². The van der Waals surface area contributed by atoms with Gasteiger partial charge in [-0.25, -0.2) is 9.37 Å². The number of amidine groups is 1. The first-order valence-electron chi connectivity index (χ1n) is 8.87. The lowest BCUT2D eigenvalue weighted by Gasteiger charge is -2.33. The van der Waals surface area contributed by atoms with Gasteiger partial charge in [-0.15, -0.1) is 10.1 Å². The number of amides is 3. The summed E-state index contributed by atoms with van der Waals surface area (Å²) in [5.41, 5.74) is 0.813. The number of hydrazone groups is 1. The van der Waals surface area contributed by atoms with Crippen LogP contribution in [0.25, 0.3) is 0 Å². The van der Waals surface area contributed by atoms with Crippen molar-refractivity contribution in [2.45, 2.75) is 33.7 Å². The van der Waals surface area contributed by atoms with Gasteiger partial charge in [0.1, 0.15) is 13.1 Å². The van der Waals surface area contributed by atoms with E-state index >= 15 is 0 Å². The van der Waals surface area contributed by atoms with E-state index in [0.717, 1.165) is 10.6 Å². The number of carbonyl (C=O) groups is 2. The highest BCUT2D eigenvalue weighted by atomic mass is 16.5. The van der Waals surface area contributed by atoms with Crippen molar-refractivity contribution in [3.63, 3.8) is 0 Å².